The predicted molar refractivity (Wildman–Crippen MR) is 38.4 cm³/mol. The zero-order chi connectivity index (χ0) is 6.53. The van der Waals surface area contributed by atoms with Gasteiger partial charge < -0.3 is 0 Å². The van der Waals surface area contributed by atoms with E-state index in [2.05, 4.69) is 23.8 Å². The molecule has 0 aromatic rings. The summed E-state index contributed by atoms with van der Waals surface area (Å²) in [5.74, 6) is 7.67. The zero-order valence-electron chi connectivity index (χ0n) is 5.02. The van der Waals surface area contributed by atoms with Gasteiger partial charge in [0.2, 0.25) is 0 Å². The third kappa shape index (κ3) is 1.52. The van der Waals surface area contributed by atoms with Crippen LogP contribution in [-0.4, -0.2) is 0 Å². The van der Waals surface area contributed by atoms with Crippen molar-refractivity contribution in [2.24, 2.45) is 0 Å². The molecule has 0 heteroatoms. The molecule has 9 heavy (non-hydrogen) atoms. The van der Waals surface area contributed by atoms with Crippen LogP contribution in [0.4, 0.5) is 0 Å². The lowest BCUT2D eigenvalue weighted by molar-refractivity contribution is 1.36. The van der Waals surface area contributed by atoms with E-state index in [-0.39, 0.29) is 0 Å². The van der Waals surface area contributed by atoms with Crippen LogP contribution in [0.25, 0.3) is 0 Å². The number of hydrogen-bond donors (Lipinski definition) is 0. The number of terminal acetylenes is 1. The quantitative estimate of drug-likeness (QED) is 0.419. The van der Waals surface area contributed by atoms with Crippen LogP contribution >= 0.6 is 0 Å². The summed E-state index contributed by atoms with van der Waals surface area (Å²) in [6.07, 6.45) is 11.9. The maximum atomic E-state index is 4.94. The second kappa shape index (κ2) is 2.80. The summed E-state index contributed by atoms with van der Waals surface area (Å²) in [6, 6.07) is 0. The van der Waals surface area contributed by atoms with E-state index in [9.17, 15) is 0 Å². The molecule has 0 N–H and O–H groups in total. The lowest BCUT2D eigenvalue weighted by Gasteiger charge is -1.80. The van der Waals surface area contributed by atoms with Gasteiger partial charge >= 0.3 is 0 Å². The molecule has 1 rings (SSSR count). The Morgan fingerprint density at radius 3 is 3.00 bits per heavy atom. The van der Waals surface area contributed by atoms with E-state index in [0.717, 1.165) is 12.0 Å². The Kier molecular flexibility index (Phi) is 1.78. The highest BCUT2D eigenvalue weighted by atomic mass is 13.9. The first-order valence-electron chi connectivity index (χ1n) is 2.76. The van der Waals surface area contributed by atoms with Crippen LogP contribution in [-0.2, 0) is 0 Å². The molecule has 0 spiro atoms. The lowest BCUT2D eigenvalue weighted by atomic mass is 10.2. The SMILES string of the molecule is C#CC#CC1=CC=CC1. The van der Waals surface area contributed by atoms with Gasteiger partial charge in [-0.25, -0.2) is 0 Å². The molecule has 0 aliphatic heterocycles. The summed E-state index contributed by atoms with van der Waals surface area (Å²) in [4.78, 5) is 0. The van der Waals surface area contributed by atoms with Gasteiger partial charge in [-0.15, -0.1) is 6.42 Å². The fourth-order valence-electron chi connectivity index (χ4n) is 0.656. The van der Waals surface area contributed by atoms with Crippen LogP contribution in [0.3, 0.4) is 0 Å². The molecule has 0 nitrogen and oxygen atoms in total. The molecule has 0 bridgehead atoms. The third-order valence-corrected chi connectivity index (χ3v) is 1.07. The number of allylic oxidation sites excluding steroid dienone is 4. The molecule has 0 saturated carbocycles. The molecule has 1 aliphatic rings. The predicted octanol–water partition coefficient (Wildman–Crippen LogP) is 1.51. The lowest BCUT2D eigenvalue weighted by Crippen LogP contribution is -1.67. The van der Waals surface area contributed by atoms with Crippen LogP contribution in [0.5, 0.6) is 0 Å². The molecule has 0 aromatic heterocycles. The number of rotatable bonds is 0. The van der Waals surface area contributed by atoms with Crippen molar-refractivity contribution in [2.45, 2.75) is 6.42 Å². The maximum absolute atomic E-state index is 4.94. The van der Waals surface area contributed by atoms with Gasteiger partial charge in [0.25, 0.3) is 0 Å². The van der Waals surface area contributed by atoms with Crippen LogP contribution in [0, 0.1) is 24.2 Å². The third-order valence-electron chi connectivity index (χ3n) is 1.07. The van der Waals surface area contributed by atoms with Crippen molar-refractivity contribution in [3.05, 3.63) is 23.8 Å². The van der Waals surface area contributed by atoms with Gasteiger partial charge in [0, 0.05) is 5.57 Å². The molecule has 0 aromatic carbocycles. The van der Waals surface area contributed by atoms with Gasteiger partial charge in [-0.2, -0.15) is 0 Å². The van der Waals surface area contributed by atoms with E-state index in [1.165, 1.54) is 0 Å². The van der Waals surface area contributed by atoms with Crippen molar-refractivity contribution in [2.75, 3.05) is 0 Å². The smallest absolute Gasteiger partial charge is 0.00682 e. The maximum Gasteiger partial charge on any atom is 0.00682 e. The van der Waals surface area contributed by atoms with E-state index < -0.39 is 0 Å². The average molecular weight is 114 g/mol. The summed E-state index contributed by atoms with van der Waals surface area (Å²) >= 11 is 0. The first kappa shape index (κ1) is 5.73. The highest BCUT2D eigenvalue weighted by Crippen LogP contribution is 2.07. The van der Waals surface area contributed by atoms with Crippen molar-refractivity contribution in [1.29, 1.82) is 0 Å². The van der Waals surface area contributed by atoms with E-state index >= 15 is 0 Å². The normalized spacial score (nSPS) is 13.4. The summed E-state index contributed by atoms with van der Waals surface area (Å²) in [5.41, 5.74) is 1.10. The fraction of sp³-hybridized carbons (Fsp3) is 0.111. The van der Waals surface area contributed by atoms with Crippen molar-refractivity contribution in [1.82, 2.24) is 0 Å². The summed E-state index contributed by atoms with van der Waals surface area (Å²) in [6.45, 7) is 0. The van der Waals surface area contributed by atoms with E-state index in [4.69, 9.17) is 6.42 Å². The Morgan fingerprint density at radius 1 is 1.56 bits per heavy atom. The highest BCUT2D eigenvalue weighted by molar-refractivity contribution is 5.41. The topological polar surface area (TPSA) is 0 Å². The Balaban J connectivity index is 2.60. The molecule has 0 atom stereocenters. The molecule has 42 valence electrons. The molecule has 0 unspecified atom stereocenters. The zero-order valence-corrected chi connectivity index (χ0v) is 5.02. The van der Waals surface area contributed by atoms with Crippen molar-refractivity contribution in [3.63, 3.8) is 0 Å². The van der Waals surface area contributed by atoms with Crippen molar-refractivity contribution < 1.29 is 0 Å². The summed E-state index contributed by atoms with van der Waals surface area (Å²) in [5, 5.41) is 0. The van der Waals surface area contributed by atoms with Gasteiger partial charge in [0.15, 0.2) is 0 Å². The van der Waals surface area contributed by atoms with Crippen LogP contribution in [0.2, 0.25) is 0 Å². The van der Waals surface area contributed by atoms with Gasteiger partial charge in [-0.05, 0) is 18.3 Å². The van der Waals surface area contributed by atoms with Gasteiger partial charge in [0.05, 0.1) is 0 Å². The minimum absolute atomic E-state index is 0.939. The number of hydrogen-bond acceptors (Lipinski definition) is 0. The first-order chi connectivity index (χ1) is 4.43. The molecule has 0 heterocycles. The Morgan fingerprint density at radius 2 is 2.44 bits per heavy atom. The second-order valence-electron chi connectivity index (χ2n) is 1.72. The molecular weight excluding hydrogens is 108 g/mol. The van der Waals surface area contributed by atoms with Crippen molar-refractivity contribution >= 4 is 0 Å². The second-order valence-corrected chi connectivity index (χ2v) is 1.72. The van der Waals surface area contributed by atoms with Crippen LogP contribution < -0.4 is 0 Å². The summed E-state index contributed by atoms with van der Waals surface area (Å²) in [7, 11) is 0. The minimum atomic E-state index is 0.939. The van der Waals surface area contributed by atoms with Gasteiger partial charge in [-0.1, -0.05) is 24.1 Å². The van der Waals surface area contributed by atoms with Crippen LogP contribution in [0.1, 0.15) is 6.42 Å². The van der Waals surface area contributed by atoms with Gasteiger partial charge in [-0.3, -0.25) is 0 Å². The van der Waals surface area contributed by atoms with E-state index in [1.807, 2.05) is 12.2 Å². The monoisotopic (exact) mass is 114 g/mol. The fourth-order valence-corrected chi connectivity index (χ4v) is 0.656. The van der Waals surface area contributed by atoms with Gasteiger partial charge in [0.1, 0.15) is 0 Å². The Labute approximate surface area is 55.3 Å². The molecular formula is C9H6. The van der Waals surface area contributed by atoms with Crippen molar-refractivity contribution in [3.8, 4) is 24.2 Å². The average Bonchev–Trinajstić information content (AvgIpc) is 2.34. The standard InChI is InChI=1S/C9H6/c1-2-3-6-9-7-4-5-8-9/h1,4-5,7H,8H2. The molecule has 0 radical (unpaired) electrons. The molecule has 0 saturated heterocycles. The van der Waals surface area contributed by atoms with E-state index in [0.29, 0.717) is 0 Å². The molecule has 0 fully saturated rings. The first-order valence-corrected chi connectivity index (χ1v) is 2.76. The summed E-state index contributed by atoms with van der Waals surface area (Å²) < 4.78 is 0. The highest BCUT2D eigenvalue weighted by Gasteiger charge is 1.91. The molecule has 1 aliphatic carbocycles. The Hall–Kier alpha value is -1.40. The minimum Gasteiger partial charge on any atom is -0.106 e. The van der Waals surface area contributed by atoms with E-state index in [1.54, 1.807) is 0 Å². The molecule has 0 amide bonds. The largest absolute Gasteiger partial charge is 0.106 e. The van der Waals surface area contributed by atoms with Crippen LogP contribution in [0.15, 0.2) is 23.8 Å². The Bertz CT molecular complexity index is 248.